The molecule has 0 spiro atoms. The summed E-state index contributed by atoms with van der Waals surface area (Å²) in [6.45, 7) is 3.93. The molecule has 0 aromatic carbocycles. The van der Waals surface area contributed by atoms with E-state index < -0.39 is 21.3 Å². The Morgan fingerprint density at radius 1 is 1.36 bits per heavy atom. The zero-order valence-corrected chi connectivity index (χ0v) is 15.8. The second-order valence-electron chi connectivity index (χ2n) is 6.45. The third kappa shape index (κ3) is 4.27. The Kier molecular flexibility index (Phi) is 5.24. The summed E-state index contributed by atoms with van der Waals surface area (Å²) >= 11 is 1.44. The van der Waals surface area contributed by atoms with E-state index in [-0.39, 0.29) is 23.9 Å². The highest BCUT2D eigenvalue weighted by atomic mass is 32.2. The molecule has 1 amide bonds. The van der Waals surface area contributed by atoms with Crippen molar-refractivity contribution in [3.05, 3.63) is 23.4 Å². The summed E-state index contributed by atoms with van der Waals surface area (Å²) in [6.07, 6.45) is 2.88. The van der Waals surface area contributed by atoms with Crippen LogP contribution in [0.15, 0.2) is 22.0 Å². The van der Waals surface area contributed by atoms with Crippen molar-refractivity contribution in [3.63, 3.8) is 0 Å². The van der Waals surface area contributed by atoms with Crippen molar-refractivity contribution in [1.82, 2.24) is 15.0 Å². The number of amides is 1. The first kappa shape index (κ1) is 18.1. The van der Waals surface area contributed by atoms with Gasteiger partial charge in [-0.3, -0.25) is 4.79 Å². The van der Waals surface area contributed by atoms with Gasteiger partial charge in [0.25, 0.3) is 0 Å². The highest BCUT2D eigenvalue weighted by Gasteiger charge is 2.32. The van der Waals surface area contributed by atoms with Crippen molar-refractivity contribution in [2.24, 2.45) is 0 Å². The monoisotopic (exact) mass is 383 g/mol. The van der Waals surface area contributed by atoms with E-state index in [9.17, 15) is 13.2 Å². The van der Waals surface area contributed by atoms with Gasteiger partial charge in [0, 0.05) is 12.1 Å². The summed E-state index contributed by atoms with van der Waals surface area (Å²) in [5.41, 5.74) is 0. The standard InChI is InChI=1S/C16H21N3O4S2/c1-11-5-3-6-12(2)19(11)15(20)10-25(21,22)9-14-17-16(18-23-14)13-7-4-8-24-13/h4,7-8,11-12H,3,5-6,9-10H2,1-2H3/t11-,12+. The van der Waals surface area contributed by atoms with Crippen LogP contribution in [0.1, 0.15) is 39.0 Å². The van der Waals surface area contributed by atoms with Gasteiger partial charge in [-0.1, -0.05) is 11.2 Å². The average Bonchev–Trinajstić information content (AvgIpc) is 3.16. The molecule has 1 saturated heterocycles. The smallest absolute Gasteiger partial charge is 0.242 e. The molecule has 0 saturated carbocycles. The largest absolute Gasteiger partial charge is 0.338 e. The molecule has 9 heteroatoms. The zero-order valence-electron chi connectivity index (χ0n) is 14.2. The van der Waals surface area contributed by atoms with Crippen LogP contribution in [0, 0.1) is 0 Å². The first-order valence-electron chi connectivity index (χ1n) is 8.24. The van der Waals surface area contributed by atoms with Crippen LogP contribution in [0.4, 0.5) is 0 Å². The van der Waals surface area contributed by atoms with Gasteiger partial charge in [-0.2, -0.15) is 4.98 Å². The molecule has 0 radical (unpaired) electrons. The van der Waals surface area contributed by atoms with Crippen LogP contribution in [-0.2, 0) is 20.4 Å². The Hall–Kier alpha value is -1.74. The number of carbonyl (C=O) groups is 1. The molecule has 0 bridgehead atoms. The fourth-order valence-corrected chi connectivity index (χ4v) is 5.00. The lowest BCUT2D eigenvalue weighted by Gasteiger charge is -2.39. The summed E-state index contributed by atoms with van der Waals surface area (Å²) in [4.78, 5) is 19.1. The number of nitrogens with zero attached hydrogens (tertiary/aromatic N) is 3. The molecule has 2 atom stereocenters. The molecule has 2 aromatic rings. The number of piperidine rings is 1. The number of thiophene rings is 1. The van der Waals surface area contributed by atoms with Crippen LogP contribution in [-0.4, -0.2) is 47.2 Å². The number of rotatable bonds is 5. The summed E-state index contributed by atoms with van der Waals surface area (Å²) in [5, 5.41) is 5.68. The Morgan fingerprint density at radius 2 is 2.08 bits per heavy atom. The molecule has 1 aliphatic rings. The quantitative estimate of drug-likeness (QED) is 0.787. The molecule has 1 fully saturated rings. The first-order chi connectivity index (χ1) is 11.9. The Morgan fingerprint density at radius 3 is 2.72 bits per heavy atom. The van der Waals surface area contributed by atoms with E-state index in [0.29, 0.717) is 5.82 Å². The highest BCUT2D eigenvalue weighted by molar-refractivity contribution is 7.91. The number of aromatic nitrogens is 2. The average molecular weight is 383 g/mol. The van der Waals surface area contributed by atoms with Crippen LogP contribution < -0.4 is 0 Å². The molecule has 25 heavy (non-hydrogen) atoms. The topological polar surface area (TPSA) is 93.4 Å². The third-order valence-electron chi connectivity index (χ3n) is 4.38. The van der Waals surface area contributed by atoms with E-state index in [2.05, 4.69) is 10.1 Å². The van der Waals surface area contributed by atoms with E-state index >= 15 is 0 Å². The van der Waals surface area contributed by atoms with E-state index in [1.165, 1.54) is 11.3 Å². The van der Waals surface area contributed by atoms with Crippen LogP contribution in [0.25, 0.3) is 10.7 Å². The van der Waals surface area contributed by atoms with Gasteiger partial charge >= 0.3 is 0 Å². The number of hydrogen-bond donors (Lipinski definition) is 0. The van der Waals surface area contributed by atoms with Crippen molar-refractivity contribution >= 4 is 27.1 Å². The minimum Gasteiger partial charge on any atom is -0.338 e. The molecule has 0 aliphatic carbocycles. The van der Waals surface area contributed by atoms with Crippen molar-refractivity contribution in [3.8, 4) is 10.7 Å². The lowest BCUT2D eigenvalue weighted by atomic mass is 9.98. The number of likely N-dealkylation sites (tertiary alicyclic amines) is 1. The van der Waals surface area contributed by atoms with Crippen LogP contribution in [0.2, 0.25) is 0 Å². The van der Waals surface area contributed by atoms with Gasteiger partial charge in [0.2, 0.25) is 17.6 Å². The molecule has 1 aliphatic heterocycles. The second-order valence-corrected chi connectivity index (χ2v) is 9.46. The summed E-state index contributed by atoms with van der Waals surface area (Å²) in [5.74, 6) is -0.926. The number of carbonyl (C=O) groups excluding carboxylic acids is 1. The molecule has 0 N–H and O–H groups in total. The van der Waals surface area contributed by atoms with Gasteiger partial charge in [0.15, 0.2) is 9.84 Å². The van der Waals surface area contributed by atoms with Crippen LogP contribution >= 0.6 is 11.3 Å². The van der Waals surface area contributed by atoms with Gasteiger partial charge in [-0.05, 0) is 44.6 Å². The fraction of sp³-hybridized carbons (Fsp3) is 0.562. The molecule has 7 nitrogen and oxygen atoms in total. The summed E-state index contributed by atoms with van der Waals surface area (Å²) < 4.78 is 29.8. The predicted molar refractivity (Wildman–Crippen MR) is 94.7 cm³/mol. The maximum Gasteiger partial charge on any atom is 0.242 e. The van der Waals surface area contributed by atoms with E-state index in [1.54, 1.807) is 4.90 Å². The van der Waals surface area contributed by atoms with Gasteiger partial charge in [0.1, 0.15) is 11.5 Å². The van der Waals surface area contributed by atoms with Gasteiger partial charge in [-0.15, -0.1) is 11.3 Å². The maximum absolute atomic E-state index is 12.5. The summed E-state index contributed by atoms with van der Waals surface area (Å²) in [7, 11) is -3.67. The van der Waals surface area contributed by atoms with Crippen molar-refractivity contribution < 1.29 is 17.7 Å². The minimum atomic E-state index is -3.67. The molecular weight excluding hydrogens is 362 g/mol. The maximum atomic E-state index is 12.5. The lowest BCUT2D eigenvalue weighted by molar-refractivity contribution is -0.134. The lowest BCUT2D eigenvalue weighted by Crippen LogP contribution is -2.49. The summed E-state index contributed by atoms with van der Waals surface area (Å²) in [6, 6.07) is 3.82. The molecule has 2 aromatic heterocycles. The van der Waals surface area contributed by atoms with Crippen molar-refractivity contribution in [1.29, 1.82) is 0 Å². The van der Waals surface area contributed by atoms with E-state index in [1.807, 2.05) is 31.4 Å². The first-order valence-corrected chi connectivity index (χ1v) is 10.9. The molecule has 3 heterocycles. The zero-order chi connectivity index (χ0) is 18.0. The number of hydrogen-bond acceptors (Lipinski definition) is 7. The van der Waals surface area contributed by atoms with Crippen LogP contribution in [0.3, 0.4) is 0 Å². The van der Waals surface area contributed by atoms with E-state index in [0.717, 1.165) is 24.1 Å². The Labute approximate surface area is 151 Å². The van der Waals surface area contributed by atoms with E-state index in [4.69, 9.17) is 4.52 Å². The third-order valence-corrected chi connectivity index (χ3v) is 6.62. The Balaban J connectivity index is 1.67. The van der Waals surface area contributed by atoms with Gasteiger partial charge in [0.05, 0.1) is 4.88 Å². The fourth-order valence-electron chi connectivity index (χ4n) is 3.23. The second kappa shape index (κ2) is 7.25. The van der Waals surface area contributed by atoms with Crippen molar-refractivity contribution in [2.45, 2.75) is 50.9 Å². The highest BCUT2D eigenvalue weighted by Crippen LogP contribution is 2.24. The Bertz CT molecular complexity index is 819. The molecule has 3 rings (SSSR count). The molecule has 136 valence electrons. The number of sulfone groups is 1. The van der Waals surface area contributed by atoms with Crippen LogP contribution in [0.5, 0.6) is 0 Å². The normalized spacial score (nSPS) is 21.4. The SMILES string of the molecule is C[C@@H]1CCC[C@H](C)N1C(=O)CS(=O)(=O)Cc1nc(-c2cccs2)no1. The minimum absolute atomic E-state index is 0.0101. The predicted octanol–water partition coefficient (Wildman–Crippen LogP) is 2.50. The molecule has 0 unspecified atom stereocenters. The van der Waals surface area contributed by atoms with Gasteiger partial charge < -0.3 is 9.42 Å². The molecular formula is C16H21N3O4S2. The van der Waals surface area contributed by atoms with Crippen molar-refractivity contribution in [2.75, 3.05) is 5.75 Å². The van der Waals surface area contributed by atoms with Gasteiger partial charge in [-0.25, -0.2) is 8.42 Å².